The van der Waals surface area contributed by atoms with E-state index in [0.29, 0.717) is 12.4 Å². The molecule has 3 aromatic rings. The molecule has 0 aliphatic carbocycles. The third-order valence-corrected chi connectivity index (χ3v) is 7.35. The molecule has 0 atom stereocenters. The zero-order valence-electron chi connectivity index (χ0n) is 20.7. The Morgan fingerprint density at radius 1 is 1.05 bits per heavy atom. The summed E-state index contributed by atoms with van der Waals surface area (Å²) in [7, 11) is -4.27. The fourth-order valence-electron chi connectivity index (χ4n) is 3.72. The van der Waals surface area contributed by atoms with Crippen LogP contribution in [0.25, 0.3) is 0 Å². The minimum atomic E-state index is -4.27. The van der Waals surface area contributed by atoms with Crippen LogP contribution < -0.4 is 14.3 Å². The van der Waals surface area contributed by atoms with Crippen molar-refractivity contribution in [2.75, 3.05) is 44.2 Å². The summed E-state index contributed by atoms with van der Waals surface area (Å²) < 4.78 is 39.9. The number of sulfonamides is 1. The molecule has 0 aromatic heterocycles. The molecule has 4 rings (SSSR count). The van der Waals surface area contributed by atoms with E-state index >= 15 is 0 Å². The highest BCUT2D eigenvalue weighted by Crippen LogP contribution is 2.32. The van der Waals surface area contributed by atoms with Crippen molar-refractivity contribution in [1.29, 1.82) is 0 Å². The molecular formula is C25H26ClN5O7S. The van der Waals surface area contributed by atoms with E-state index < -0.39 is 15.1 Å². The lowest BCUT2D eigenvalue weighted by Crippen LogP contribution is -2.38. The number of anilines is 1. The van der Waals surface area contributed by atoms with Gasteiger partial charge in [0.2, 0.25) is 0 Å². The van der Waals surface area contributed by atoms with Crippen LogP contribution in [0, 0.1) is 10.1 Å². The van der Waals surface area contributed by atoms with E-state index in [-0.39, 0.29) is 33.6 Å². The summed E-state index contributed by atoms with van der Waals surface area (Å²) in [5.41, 5.74) is 0.894. The fraction of sp³-hybridized carbons (Fsp3) is 0.280. The van der Waals surface area contributed by atoms with E-state index in [0.717, 1.165) is 44.5 Å². The predicted octanol–water partition coefficient (Wildman–Crippen LogP) is 4.71. The number of halogens is 1. The summed E-state index contributed by atoms with van der Waals surface area (Å²) in [4.78, 5) is 17.1. The largest absolute Gasteiger partial charge is 0.492 e. The lowest BCUT2D eigenvalue weighted by molar-refractivity contribution is -0.711. The lowest BCUT2D eigenvalue weighted by atomic mass is 10.2. The van der Waals surface area contributed by atoms with Crippen LogP contribution in [-0.4, -0.2) is 57.9 Å². The number of rotatable bonds is 12. The molecule has 14 heteroatoms. The highest BCUT2D eigenvalue weighted by atomic mass is 35.5. The first-order valence-electron chi connectivity index (χ1n) is 11.9. The Labute approximate surface area is 230 Å². The van der Waals surface area contributed by atoms with Crippen LogP contribution in [0.2, 0.25) is 5.02 Å². The normalized spacial score (nSPS) is 14.3. The number of nitrogens with one attached hydrogen (secondary N) is 1. The molecule has 0 radical (unpaired) electrons. The van der Waals surface area contributed by atoms with Crippen LogP contribution in [0.4, 0.5) is 11.4 Å². The number of hydrogen-bond acceptors (Lipinski definition) is 10. The van der Waals surface area contributed by atoms with Crippen LogP contribution in [-0.2, 0) is 21.3 Å². The zero-order chi connectivity index (χ0) is 27.7. The maximum Gasteiger partial charge on any atom is 0.299 e. The van der Waals surface area contributed by atoms with Crippen LogP contribution in [0.1, 0.15) is 5.56 Å². The van der Waals surface area contributed by atoms with Gasteiger partial charge in [-0.05, 0) is 48.0 Å². The summed E-state index contributed by atoms with van der Waals surface area (Å²) in [5.74, 6) is 0.393. The molecule has 0 saturated carbocycles. The van der Waals surface area contributed by atoms with E-state index in [1.165, 1.54) is 24.3 Å². The highest BCUT2D eigenvalue weighted by molar-refractivity contribution is 7.92. The van der Waals surface area contributed by atoms with Gasteiger partial charge in [-0.25, -0.2) is 8.42 Å². The summed E-state index contributed by atoms with van der Waals surface area (Å²) in [5, 5.41) is 18.2. The molecule has 1 fully saturated rings. The van der Waals surface area contributed by atoms with Crippen molar-refractivity contribution in [3.05, 3.63) is 87.4 Å². The molecule has 0 spiro atoms. The van der Waals surface area contributed by atoms with Crippen molar-refractivity contribution in [3.8, 4) is 11.5 Å². The summed E-state index contributed by atoms with van der Waals surface area (Å²) in [6, 6.07) is 17.1. The van der Waals surface area contributed by atoms with Gasteiger partial charge in [-0.1, -0.05) is 35.9 Å². The summed E-state index contributed by atoms with van der Waals surface area (Å²) in [6.07, 6.45) is 0. The van der Waals surface area contributed by atoms with E-state index in [9.17, 15) is 18.5 Å². The molecule has 1 heterocycles. The molecule has 39 heavy (non-hydrogen) atoms. The van der Waals surface area contributed by atoms with E-state index in [4.69, 9.17) is 21.1 Å². The van der Waals surface area contributed by atoms with Gasteiger partial charge in [0.15, 0.2) is 0 Å². The van der Waals surface area contributed by atoms with Crippen molar-refractivity contribution in [1.82, 2.24) is 4.90 Å². The number of azo groups is 1. The number of nitrogens with zero attached hydrogens (tertiary/aromatic N) is 4. The Bertz CT molecular complexity index is 1430. The standard InChI is InChI=1S/C25H26ClN5O7S/c26-22-6-1-2-7-23(22)29-39(34,35)25-17-21(38-31(32)33)8-9-24(25)28-27-18-19-4-3-5-20(16-19)37-15-12-30-10-13-36-14-11-30/h1-9,16-17,29H,10-15,18H2. The SMILES string of the molecule is O=[N+]([O-])Oc1ccc(N=NCc2cccc(OCCN3CCOCC3)c2)c(S(=O)(=O)Nc2ccccc2Cl)c1. The van der Waals surface area contributed by atoms with E-state index in [1.807, 2.05) is 24.3 Å². The zero-order valence-corrected chi connectivity index (χ0v) is 22.3. The molecule has 1 saturated heterocycles. The fourth-order valence-corrected chi connectivity index (χ4v) is 5.20. The molecular weight excluding hydrogens is 550 g/mol. The van der Waals surface area contributed by atoms with Gasteiger partial charge >= 0.3 is 0 Å². The quantitative estimate of drug-likeness (QED) is 0.186. The topological polar surface area (TPSA) is 145 Å². The Morgan fingerprint density at radius 3 is 2.62 bits per heavy atom. The number of ether oxygens (including phenoxy) is 2. The van der Waals surface area contributed by atoms with Crippen molar-refractivity contribution in [3.63, 3.8) is 0 Å². The Balaban J connectivity index is 1.47. The molecule has 0 amide bonds. The maximum atomic E-state index is 13.2. The lowest BCUT2D eigenvalue weighted by Gasteiger charge is -2.26. The molecule has 12 nitrogen and oxygen atoms in total. The van der Waals surface area contributed by atoms with Gasteiger partial charge in [0.1, 0.15) is 28.7 Å². The van der Waals surface area contributed by atoms with Crippen LogP contribution in [0.5, 0.6) is 11.5 Å². The molecule has 0 unspecified atom stereocenters. The molecule has 206 valence electrons. The monoisotopic (exact) mass is 575 g/mol. The first-order chi connectivity index (χ1) is 18.8. The minimum absolute atomic E-state index is 0.0387. The first-order valence-corrected chi connectivity index (χ1v) is 13.8. The van der Waals surface area contributed by atoms with Crippen LogP contribution in [0.15, 0.2) is 81.9 Å². The predicted molar refractivity (Wildman–Crippen MR) is 144 cm³/mol. The average molecular weight is 576 g/mol. The number of benzene rings is 3. The first kappa shape index (κ1) is 28.2. The Morgan fingerprint density at radius 2 is 1.85 bits per heavy atom. The molecule has 0 bridgehead atoms. The Kier molecular flexibility index (Phi) is 9.65. The maximum absolute atomic E-state index is 13.2. The second-order valence-corrected chi connectivity index (χ2v) is 10.4. The Hall–Kier alpha value is -3.78. The molecule has 3 aromatic carbocycles. The van der Waals surface area contributed by atoms with Gasteiger partial charge < -0.3 is 9.47 Å². The third kappa shape index (κ3) is 8.35. The highest BCUT2D eigenvalue weighted by Gasteiger charge is 2.22. The smallest absolute Gasteiger partial charge is 0.299 e. The number of hydrogen-bond donors (Lipinski definition) is 1. The van der Waals surface area contributed by atoms with Gasteiger partial charge in [0.05, 0.1) is 30.5 Å². The van der Waals surface area contributed by atoms with Crippen molar-refractivity contribution in [2.24, 2.45) is 10.2 Å². The minimum Gasteiger partial charge on any atom is -0.492 e. The van der Waals surface area contributed by atoms with Gasteiger partial charge in [0, 0.05) is 19.6 Å². The number of morpholine rings is 1. The number of para-hydroxylation sites is 1. The van der Waals surface area contributed by atoms with E-state index in [2.05, 4.69) is 24.7 Å². The summed E-state index contributed by atoms with van der Waals surface area (Å²) in [6.45, 7) is 4.69. The van der Waals surface area contributed by atoms with Crippen molar-refractivity contribution in [2.45, 2.75) is 11.4 Å². The van der Waals surface area contributed by atoms with Gasteiger partial charge in [-0.15, -0.1) is 10.1 Å². The van der Waals surface area contributed by atoms with E-state index in [1.54, 1.807) is 12.1 Å². The second kappa shape index (κ2) is 13.3. The van der Waals surface area contributed by atoms with Crippen LogP contribution >= 0.6 is 11.6 Å². The van der Waals surface area contributed by atoms with Crippen molar-refractivity contribution >= 4 is 33.0 Å². The van der Waals surface area contributed by atoms with Gasteiger partial charge in [-0.2, -0.15) is 10.2 Å². The van der Waals surface area contributed by atoms with Crippen LogP contribution in [0.3, 0.4) is 0 Å². The average Bonchev–Trinajstić information content (AvgIpc) is 2.91. The van der Waals surface area contributed by atoms with Gasteiger partial charge in [0.25, 0.3) is 15.1 Å². The van der Waals surface area contributed by atoms with Gasteiger partial charge in [-0.3, -0.25) is 14.5 Å². The molecule has 1 aliphatic rings. The van der Waals surface area contributed by atoms with Crippen molar-refractivity contribution < 1.29 is 27.8 Å². The summed E-state index contributed by atoms with van der Waals surface area (Å²) >= 11 is 6.09. The molecule has 1 aliphatic heterocycles. The third-order valence-electron chi connectivity index (χ3n) is 5.63. The molecule has 1 N–H and O–H groups in total. The second-order valence-electron chi connectivity index (χ2n) is 8.38.